The molecular weight excluding hydrogens is 332 g/mol. The lowest BCUT2D eigenvalue weighted by Crippen LogP contribution is -2.61. The van der Waals surface area contributed by atoms with Gasteiger partial charge in [0, 0.05) is 30.5 Å². The lowest BCUT2D eigenvalue weighted by Gasteiger charge is -2.45. The third kappa shape index (κ3) is 2.56. The Morgan fingerprint density at radius 2 is 2.17 bits per heavy atom. The van der Waals surface area contributed by atoms with Crippen LogP contribution in [0.15, 0.2) is 28.7 Å². The quantitative estimate of drug-likeness (QED) is 0.792. The second-order valence-corrected chi connectivity index (χ2v) is 6.69. The molecule has 6 nitrogen and oxygen atoms in total. The van der Waals surface area contributed by atoms with E-state index in [0.717, 1.165) is 5.39 Å². The molecule has 0 unspecified atom stereocenters. The number of amides is 2. The summed E-state index contributed by atoms with van der Waals surface area (Å²) in [6, 6.07) is 6.85. The summed E-state index contributed by atoms with van der Waals surface area (Å²) in [5, 5.41) is 1.40. The van der Waals surface area contributed by atoms with E-state index in [4.69, 9.17) is 20.8 Å². The van der Waals surface area contributed by atoms with Crippen molar-refractivity contribution in [1.29, 1.82) is 0 Å². The molecule has 2 aliphatic rings. The van der Waals surface area contributed by atoms with Gasteiger partial charge in [-0.1, -0.05) is 11.6 Å². The molecule has 4 rings (SSSR count). The number of ether oxygens (including phenoxy) is 1. The van der Waals surface area contributed by atoms with Gasteiger partial charge in [0.2, 0.25) is 5.91 Å². The highest BCUT2D eigenvalue weighted by Gasteiger charge is 2.40. The highest BCUT2D eigenvalue weighted by atomic mass is 35.5. The second kappa shape index (κ2) is 5.79. The Morgan fingerprint density at radius 3 is 3.00 bits per heavy atom. The normalized spacial score (nSPS) is 24.3. The van der Waals surface area contributed by atoms with Crippen LogP contribution in [-0.4, -0.2) is 60.5 Å². The van der Waals surface area contributed by atoms with Crippen LogP contribution in [0.4, 0.5) is 0 Å². The molecule has 0 aliphatic carbocycles. The average molecular weight is 349 g/mol. The summed E-state index contributed by atoms with van der Waals surface area (Å²) in [6.07, 6.45) is 0.700. The molecule has 0 spiro atoms. The van der Waals surface area contributed by atoms with Crippen molar-refractivity contribution in [2.24, 2.45) is 0 Å². The minimum absolute atomic E-state index is 0.00812. The highest BCUT2D eigenvalue weighted by Crippen LogP contribution is 2.27. The largest absolute Gasteiger partial charge is 0.451 e. The van der Waals surface area contributed by atoms with Crippen molar-refractivity contribution < 1.29 is 18.7 Å². The third-order valence-electron chi connectivity index (χ3n) is 4.81. The molecule has 2 aliphatic heterocycles. The fourth-order valence-corrected chi connectivity index (χ4v) is 3.58. The molecule has 0 radical (unpaired) electrons. The molecule has 2 atom stereocenters. The Hall–Kier alpha value is -2.05. The number of furan rings is 1. The standard InChI is InChI=1S/C17H17ClN2O4/c1-19-12-8-20(5-4-14(12)23-9-16(19)21)17(22)15-7-10-6-11(18)2-3-13(10)24-15/h2-3,6-7,12,14H,4-5,8-9H2,1H3/t12-,14+/m0/s1. The molecule has 126 valence electrons. The Bertz CT molecular complexity index is 818. The number of piperidine rings is 1. The van der Waals surface area contributed by atoms with E-state index >= 15 is 0 Å². The first kappa shape index (κ1) is 15.5. The van der Waals surface area contributed by atoms with Gasteiger partial charge in [-0.2, -0.15) is 0 Å². The van der Waals surface area contributed by atoms with Crippen LogP contribution in [0.25, 0.3) is 11.0 Å². The highest BCUT2D eigenvalue weighted by molar-refractivity contribution is 6.31. The molecular formula is C17H17ClN2O4. The van der Waals surface area contributed by atoms with E-state index in [1.54, 1.807) is 41.1 Å². The number of rotatable bonds is 1. The first-order chi connectivity index (χ1) is 11.5. The molecule has 2 fully saturated rings. The van der Waals surface area contributed by atoms with Crippen LogP contribution in [0.3, 0.4) is 0 Å². The number of morpholine rings is 1. The van der Waals surface area contributed by atoms with Gasteiger partial charge < -0.3 is 19.0 Å². The van der Waals surface area contributed by atoms with Gasteiger partial charge in [-0.3, -0.25) is 9.59 Å². The Balaban J connectivity index is 1.56. The zero-order valence-corrected chi connectivity index (χ0v) is 14.0. The molecule has 2 amide bonds. The molecule has 1 aromatic carbocycles. The predicted molar refractivity (Wildman–Crippen MR) is 88.0 cm³/mol. The summed E-state index contributed by atoms with van der Waals surface area (Å²) >= 11 is 5.97. The SMILES string of the molecule is CN1C(=O)CO[C@@H]2CCN(C(=O)c3cc4cc(Cl)ccc4o3)C[C@@H]21. The van der Waals surface area contributed by atoms with Crippen molar-refractivity contribution in [3.8, 4) is 0 Å². The fraction of sp³-hybridized carbons (Fsp3) is 0.412. The fourth-order valence-electron chi connectivity index (χ4n) is 3.40. The van der Waals surface area contributed by atoms with Crippen LogP contribution < -0.4 is 0 Å². The van der Waals surface area contributed by atoms with Crippen LogP contribution >= 0.6 is 11.6 Å². The van der Waals surface area contributed by atoms with Gasteiger partial charge >= 0.3 is 0 Å². The number of hydrogen-bond donors (Lipinski definition) is 0. The van der Waals surface area contributed by atoms with Crippen molar-refractivity contribution in [2.75, 3.05) is 26.7 Å². The van der Waals surface area contributed by atoms with Gasteiger partial charge in [0.15, 0.2) is 5.76 Å². The predicted octanol–water partition coefficient (Wildman–Crippen LogP) is 2.16. The smallest absolute Gasteiger partial charge is 0.289 e. The number of likely N-dealkylation sites (tertiary alicyclic amines) is 1. The summed E-state index contributed by atoms with van der Waals surface area (Å²) in [7, 11) is 1.76. The number of halogens is 1. The zero-order chi connectivity index (χ0) is 16.8. The molecule has 3 heterocycles. The summed E-state index contributed by atoms with van der Waals surface area (Å²) in [4.78, 5) is 28.0. The van der Waals surface area contributed by atoms with Crippen LogP contribution in [-0.2, 0) is 9.53 Å². The van der Waals surface area contributed by atoms with E-state index in [9.17, 15) is 9.59 Å². The van der Waals surface area contributed by atoms with Crippen LogP contribution in [0.1, 0.15) is 17.0 Å². The zero-order valence-electron chi connectivity index (χ0n) is 13.2. The average Bonchev–Trinajstić information content (AvgIpc) is 3.00. The van der Waals surface area contributed by atoms with Gasteiger partial charge in [0.1, 0.15) is 12.2 Å². The van der Waals surface area contributed by atoms with Gasteiger partial charge in [0.25, 0.3) is 5.91 Å². The van der Waals surface area contributed by atoms with E-state index in [-0.39, 0.29) is 36.3 Å². The number of hydrogen-bond acceptors (Lipinski definition) is 4. The number of carbonyl (C=O) groups excluding carboxylic acids is 2. The second-order valence-electron chi connectivity index (χ2n) is 6.25. The number of benzene rings is 1. The van der Waals surface area contributed by atoms with Crippen LogP contribution in [0.2, 0.25) is 5.02 Å². The van der Waals surface area contributed by atoms with E-state index < -0.39 is 0 Å². The first-order valence-electron chi connectivity index (χ1n) is 7.88. The minimum Gasteiger partial charge on any atom is -0.451 e. The molecule has 24 heavy (non-hydrogen) atoms. The van der Waals surface area contributed by atoms with Crippen molar-refractivity contribution in [1.82, 2.24) is 9.80 Å². The first-order valence-corrected chi connectivity index (χ1v) is 8.26. The lowest BCUT2D eigenvalue weighted by molar-refractivity contribution is -0.159. The molecule has 0 bridgehead atoms. The molecule has 7 heteroatoms. The van der Waals surface area contributed by atoms with Crippen LogP contribution in [0, 0.1) is 0 Å². The van der Waals surface area contributed by atoms with Crippen molar-refractivity contribution in [2.45, 2.75) is 18.6 Å². The topological polar surface area (TPSA) is 63.0 Å². The lowest BCUT2D eigenvalue weighted by atomic mass is 9.99. The number of likely N-dealkylation sites (N-methyl/N-ethyl adjacent to an activating group) is 1. The molecule has 1 aromatic heterocycles. The van der Waals surface area contributed by atoms with Crippen LogP contribution in [0.5, 0.6) is 0 Å². The van der Waals surface area contributed by atoms with Gasteiger partial charge in [-0.05, 0) is 30.7 Å². The maximum atomic E-state index is 12.8. The Kier molecular flexibility index (Phi) is 3.73. The molecule has 0 N–H and O–H groups in total. The minimum atomic E-state index is -0.174. The third-order valence-corrected chi connectivity index (χ3v) is 5.04. The molecule has 2 saturated heterocycles. The summed E-state index contributed by atoms with van der Waals surface area (Å²) < 4.78 is 11.3. The van der Waals surface area contributed by atoms with Gasteiger partial charge in [-0.25, -0.2) is 0 Å². The van der Waals surface area contributed by atoms with Crippen molar-refractivity contribution in [3.63, 3.8) is 0 Å². The monoisotopic (exact) mass is 348 g/mol. The van der Waals surface area contributed by atoms with Crippen molar-refractivity contribution >= 4 is 34.4 Å². The number of carbonyl (C=O) groups is 2. The number of fused-ring (bicyclic) bond motifs is 2. The maximum absolute atomic E-state index is 12.8. The van der Waals surface area contributed by atoms with E-state index in [2.05, 4.69) is 0 Å². The number of nitrogens with zero attached hydrogens (tertiary/aromatic N) is 2. The van der Waals surface area contributed by atoms with Gasteiger partial charge in [0.05, 0.1) is 12.1 Å². The molecule has 0 saturated carbocycles. The van der Waals surface area contributed by atoms with E-state index in [1.165, 1.54) is 0 Å². The summed E-state index contributed by atoms with van der Waals surface area (Å²) in [5.41, 5.74) is 0.630. The summed E-state index contributed by atoms with van der Waals surface area (Å²) in [5.74, 6) is 0.0625. The maximum Gasteiger partial charge on any atom is 0.289 e. The Morgan fingerprint density at radius 1 is 1.33 bits per heavy atom. The summed E-state index contributed by atoms with van der Waals surface area (Å²) in [6.45, 7) is 1.15. The van der Waals surface area contributed by atoms with E-state index in [0.29, 0.717) is 30.1 Å². The van der Waals surface area contributed by atoms with E-state index in [1.807, 2.05) is 0 Å². The van der Waals surface area contributed by atoms with Crippen molar-refractivity contribution in [3.05, 3.63) is 35.0 Å². The van der Waals surface area contributed by atoms with Gasteiger partial charge in [-0.15, -0.1) is 0 Å². The molecule has 2 aromatic rings. The Labute approximate surface area is 143 Å².